The molecular formula is C18H17NO. The van der Waals surface area contributed by atoms with Crippen LogP contribution in [0.25, 0.3) is 10.8 Å². The van der Waals surface area contributed by atoms with Gasteiger partial charge in [-0.3, -0.25) is 0 Å². The molecule has 3 rings (SSSR count). The zero-order chi connectivity index (χ0) is 13.9. The van der Waals surface area contributed by atoms with Gasteiger partial charge in [0.1, 0.15) is 11.5 Å². The Morgan fingerprint density at radius 3 is 2.55 bits per heavy atom. The maximum atomic E-state index is 6.11. The van der Waals surface area contributed by atoms with E-state index in [9.17, 15) is 0 Å². The molecule has 0 heterocycles. The Morgan fingerprint density at radius 1 is 0.900 bits per heavy atom. The van der Waals surface area contributed by atoms with Gasteiger partial charge in [-0.1, -0.05) is 48.5 Å². The zero-order valence-electron chi connectivity index (χ0n) is 11.5. The van der Waals surface area contributed by atoms with Crippen molar-refractivity contribution in [1.29, 1.82) is 0 Å². The molecule has 2 N–H and O–H groups in total. The van der Waals surface area contributed by atoms with Gasteiger partial charge in [-0.05, 0) is 30.0 Å². The Kier molecular flexibility index (Phi) is 3.40. The van der Waals surface area contributed by atoms with Crippen LogP contribution in [-0.2, 0) is 6.54 Å². The summed E-state index contributed by atoms with van der Waals surface area (Å²) in [6, 6.07) is 20.4. The second-order valence-corrected chi connectivity index (χ2v) is 4.89. The summed E-state index contributed by atoms with van der Waals surface area (Å²) in [5, 5.41) is 2.28. The van der Waals surface area contributed by atoms with Crippen LogP contribution in [-0.4, -0.2) is 0 Å². The van der Waals surface area contributed by atoms with Crippen LogP contribution in [0.1, 0.15) is 11.1 Å². The third-order valence-electron chi connectivity index (χ3n) is 3.41. The molecule has 0 spiro atoms. The molecule has 0 aromatic heterocycles. The fraction of sp³-hybridized carbons (Fsp3) is 0.111. The molecule has 2 heteroatoms. The Balaban J connectivity index is 2.07. The van der Waals surface area contributed by atoms with Gasteiger partial charge in [0, 0.05) is 17.5 Å². The second-order valence-electron chi connectivity index (χ2n) is 4.89. The quantitative estimate of drug-likeness (QED) is 0.760. The molecule has 0 aliphatic carbocycles. The van der Waals surface area contributed by atoms with Crippen molar-refractivity contribution in [3.8, 4) is 11.5 Å². The van der Waals surface area contributed by atoms with Gasteiger partial charge >= 0.3 is 0 Å². The Hall–Kier alpha value is -2.32. The summed E-state index contributed by atoms with van der Waals surface area (Å²) < 4.78 is 6.11. The summed E-state index contributed by atoms with van der Waals surface area (Å²) in [5.74, 6) is 1.70. The largest absolute Gasteiger partial charge is 0.456 e. The van der Waals surface area contributed by atoms with Gasteiger partial charge in [-0.15, -0.1) is 0 Å². The average Bonchev–Trinajstić information content (AvgIpc) is 2.48. The molecule has 0 atom stereocenters. The van der Waals surface area contributed by atoms with Gasteiger partial charge < -0.3 is 10.5 Å². The molecule has 20 heavy (non-hydrogen) atoms. The summed E-state index contributed by atoms with van der Waals surface area (Å²) in [4.78, 5) is 0. The van der Waals surface area contributed by atoms with Crippen LogP contribution in [0.15, 0.2) is 60.7 Å². The van der Waals surface area contributed by atoms with Crippen LogP contribution in [0.4, 0.5) is 0 Å². The first-order valence-electron chi connectivity index (χ1n) is 6.73. The van der Waals surface area contributed by atoms with E-state index in [2.05, 4.69) is 31.2 Å². The number of hydrogen-bond acceptors (Lipinski definition) is 2. The molecule has 3 aromatic rings. The van der Waals surface area contributed by atoms with Gasteiger partial charge in [0.25, 0.3) is 0 Å². The van der Waals surface area contributed by atoms with E-state index in [1.54, 1.807) is 0 Å². The maximum absolute atomic E-state index is 6.11. The third kappa shape index (κ3) is 2.38. The normalized spacial score (nSPS) is 10.7. The van der Waals surface area contributed by atoms with Crippen molar-refractivity contribution in [1.82, 2.24) is 0 Å². The fourth-order valence-electron chi connectivity index (χ4n) is 2.33. The highest BCUT2D eigenvalue weighted by Gasteiger charge is 2.07. The van der Waals surface area contributed by atoms with E-state index in [1.807, 2.05) is 36.4 Å². The molecule has 0 radical (unpaired) electrons. The molecule has 0 aliphatic heterocycles. The summed E-state index contributed by atoms with van der Waals surface area (Å²) in [5.41, 5.74) is 7.97. The lowest BCUT2D eigenvalue weighted by Crippen LogP contribution is -2.00. The van der Waals surface area contributed by atoms with Crippen molar-refractivity contribution < 1.29 is 4.74 Å². The smallest absolute Gasteiger partial charge is 0.135 e. The van der Waals surface area contributed by atoms with Crippen LogP contribution in [0.2, 0.25) is 0 Å². The Bertz CT molecular complexity index is 744. The zero-order valence-corrected chi connectivity index (χ0v) is 11.5. The molecule has 0 saturated carbocycles. The fourth-order valence-corrected chi connectivity index (χ4v) is 2.33. The van der Waals surface area contributed by atoms with E-state index in [0.29, 0.717) is 6.54 Å². The lowest BCUT2D eigenvalue weighted by Gasteiger charge is -2.13. The van der Waals surface area contributed by atoms with Crippen molar-refractivity contribution in [2.75, 3.05) is 0 Å². The van der Waals surface area contributed by atoms with Crippen molar-refractivity contribution in [2.45, 2.75) is 13.5 Å². The molecule has 0 fully saturated rings. The van der Waals surface area contributed by atoms with E-state index >= 15 is 0 Å². The van der Waals surface area contributed by atoms with E-state index in [0.717, 1.165) is 28.0 Å². The molecule has 100 valence electrons. The van der Waals surface area contributed by atoms with Gasteiger partial charge in [0.15, 0.2) is 0 Å². The van der Waals surface area contributed by atoms with Crippen LogP contribution < -0.4 is 10.5 Å². The van der Waals surface area contributed by atoms with Crippen molar-refractivity contribution in [3.63, 3.8) is 0 Å². The van der Waals surface area contributed by atoms with E-state index in [4.69, 9.17) is 10.5 Å². The summed E-state index contributed by atoms with van der Waals surface area (Å²) >= 11 is 0. The molecule has 0 bridgehead atoms. The van der Waals surface area contributed by atoms with E-state index in [1.165, 1.54) is 5.39 Å². The molecule has 0 unspecified atom stereocenters. The first-order valence-corrected chi connectivity index (χ1v) is 6.73. The lowest BCUT2D eigenvalue weighted by molar-refractivity contribution is 0.481. The van der Waals surface area contributed by atoms with Gasteiger partial charge in [-0.2, -0.15) is 0 Å². The molecule has 0 amide bonds. The van der Waals surface area contributed by atoms with Crippen LogP contribution in [0, 0.1) is 6.92 Å². The van der Waals surface area contributed by atoms with Crippen LogP contribution in [0.3, 0.4) is 0 Å². The predicted molar refractivity (Wildman–Crippen MR) is 83.1 cm³/mol. The first kappa shape index (κ1) is 12.7. The molecule has 0 aliphatic rings. The van der Waals surface area contributed by atoms with Crippen LogP contribution >= 0.6 is 0 Å². The van der Waals surface area contributed by atoms with E-state index in [-0.39, 0.29) is 0 Å². The number of fused-ring (bicyclic) bond motifs is 1. The average molecular weight is 263 g/mol. The Morgan fingerprint density at radius 2 is 1.70 bits per heavy atom. The molecule has 0 saturated heterocycles. The maximum Gasteiger partial charge on any atom is 0.135 e. The highest BCUT2D eigenvalue weighted by Crippen LogP contribution is 2.32. The van der Waals surface area contributed by atoms with Crippen molar-refractivity contribution in [2.24, 2.45) is 5.73 Å². The number of hydrogen-bond donors (Lipinski definition) is 1. The summed E-state index contributed by atoms with van der Waals surface area (Å²) in [7, 11) is 0. The number of ether oxygens (including phenoxy) is 1. The highest BCUT2D eigenvalue weighted by atomic mass is 16.5. The standard InChI is InChI=1S/C18H17NO/c1-13-9-10-15(12-19)18(11-13)20-17-8-4-6-14-5-2-3-7-16(14)17/h2-11H,12,19H2,1H3. The van der Waals surface area contributed by atoms with Gasteiger partial charge in [0.05, 0.1) is 0 Å². The van der Waals surface area contributed by atoms with Gasteiger partial charge in [-0.25, -0.2) is 0 Å². The number of rotatable bonds is 3. The highest BCUT2D eigenvalue weighted by molar-refractivity contribution is 5.88. The molecule has 2 nitrogen and oxygen atoms in total. The van der Waals surface area contributed by atoms with Gasteiger partial charge in [0.2, 0.25) is 0 Å². The van der Waals surface area contributed by atoms with Crippen molar-refractivity contribution >= 4 is 10.8 Å². The number of benzene rings is 3. The molecule has 3 aromatic carbocycles. The van der Waals surface area contributed by atoms with Crippen LogP contribution in [0.5, 0.6) is 11.5 Å². The van der Waals surface area contributed by atoms with E-state index < -0.39 is 0 Å². The number of nitrogens with two attached hydrogens (primary N) is 1. The lowest BCUT2D eigenvalue weighted by atomic mass is 10.1. The predicted octanol–water partition coefficient (Wildman–Crippen LogP) is 4.40. The third-order valence-corrected chi connectivity index (χ3v) is 3.41. The SMILES string of the molecule is Cc1ccc(CN)c(Oc2cccc3ccccc23)c1. The summed E-state index contributed by atoms with van der Waals surface area (Å²) in [6.07, 6.45) is 0. The minimum absolute atomic E-state index is 0.473. The minimum Gasteiger partial charge on any atom is -0.456 e. The van der Waals surface area contributed by atoms with Crippen molar-refractivity contribution in [3.05, 3.63) is 71.8 Å². The summed E-state index contributed by atoms with van der Waals surface area (Å²) in [6.45, 7) is 2.52. The molecular weight excluding hydrogens is 246 g/mol. The Labute approximate surface area is 118 Å². The first-order chi connectivity index (χ1) is 9.78. The minimum atomic E-state index is 0.473. The topological polar surface area (TPSA) is 35.2 Å². The monoisotopic (exact) mass is 263 g/mol. The number of aryl methyl sites for hydroxylation is 1. The second kappa shape index (κ2) is 5.35.